The zero-order valence-electron chi connectivity index (χ0n) is 15.1. The molecule has 2 amide bonds. The summed E-state index contributed by atoms with van der Waals surface area (Å²) in [7, 11) is 0. The molecule has 0 aliphatic carbocycles. The highest BCUT2D eigenvalue weighted by Gasteiger charge is 2.58. The molecule has 1 aliphatic rings. The minimum atomic E-state index is -3.58. The molecule has 1 atom stereocenters. The van der Waals surface area contributed by atoms with Crippen molar-refractivity contribution in [1.29, 1.82) is 5.41 Å². The molecule has 148 valence electrons. The Hall–Kier alpha value is -2.77. The molecule has 0 bridgehead atoms. The van der Waals surface area contributed by atoms with Gasteiger partial charge in [-0.2, -0.15) is 8.78 Å². The third-order valence-corrected chi connectivity index (χ3v) is 5.90. The first-order chi connectivity index (χ1) is 13.9. The lowest BCUT2D eigenvalue weighted by atomic mass is 10.00. The second-order valence-electron chi connectivity index (χ2n) is 6.60. The monoisotopic (exact) mass is 431 g/mol. The number of amides is 2. The molecular weight excluding hydrogens is 416 g/mol. The molecule has 29 heavy (non-hydrogen) atoms. The fraction of sp³-hybridized carbons (Fsp3) is 0.143. The van der Waals surface area contributed by atoms with E-state index in [1.165, 1.54) is 24.3 Å². The van der Waals surface area contributed by atoms with Crippen LogP contribution in [-0.4, -0.2) is 22.7 Å². The molecule has 1 N–H and O–H groups in total. The molecule has 1 aromatic heterocycles. The number of amidine groups is 1. The van der Waals surface area contributed by atoms with Gasteiger partial charge in [-0.15, -0.1) is 11.3 Å². The predicted molar refractivity (Wildman–Crippen MR) is 111 cm³/mol. The average Bonchev–Trinajstić information content (AvgIpc) is 3.23. The summed E-state index contributed by atoms with van der Waals surface area (Å²) < 4.78 is 31.0. The number of carbonyl (C=O) groups excluding carboxylic acids is 1. The van der Waals surface area contributed by atoms with E-state index in [-0.39, 0.29) is 12.2 Å². The fourth-order valence-corrected chi connectivity index (χ4v) is 4.36. The molecule has 0 radical (unpaired) electrons. The summed E-state index contributed by atoms with van der Waals surface area (Å²) in [6, 6.07) is 15.9. The maximum Gasteiger partial charge on any atom is 0.331 e. The van der Waals surface area contributed by atoms with Gasteiger partial charge in [-0.3, -0.25) is 5.41 Å². The van der Waals surface area contributed by atoms with Gasteiger partial charge in [-0.25, -0.2) is 9.69 Å². The molecule has 0 spiro atoms. The largest absolute Gasteiger partial charge is 0.331 e. The fourth-order valence-electron chi connectivity index (χ4n) is 3.36. The van der Waals surface area contributed by atoms with E-state index in [2.05, 4.69) is 0 Å². The first-order valence-corrected chi connectivity index (χ1v) is 10.1. The summed E-state index contributed by atoms with van der Waals surface area (Å²) in [4.78, 5) is 15.6. The van der Waals surface area contributed by atoms with E-state index in [4.69, 9.17) is 17.0 Å². The molecule has 4 nitrogen and oxygen atoms in total. The summed E-state index contributed by atoms with van der Waals surface area (Å²) in [5.74, 6) is -4.62. The molecule has 1 unspecified atom stereocenters. The lowest BCUT2D eigenvalue weighted by Gasteiger charge is -2.45. The van der Waals surface area contributed by atoms with Gasteiger partial charge < -0.3 is 4.90 Å². The van der Waals surface area contributed by atoms with Gasteiger partial charge in [0.25, 0.3) is 0 Å². The molecule has 2 heterocycles. The standard InChI is InChI=1S/C21H16ClF2N3OS/c22-15-8-10-16(11-9-15)27-19(25)21(23,24)18(17-7-4-12-29-17)26(20(27)28)13-14-5-2-1-3-6-14/h1-12,18,25H,13H2. The minimum Gasteiger partial charge on any atom is -0.305 e. The summed E-state index contributed by atoms with van der Waals surface area (Å²) in [6.45, 7) is -0.00476. The van der Waals surface area contributed by atoms with Crippen LogP contribution in [0.1, 0.15) is 16.5 Å². The van der Waals surface area contributed by atoms with Crippen LogP contribution in [0.15, 0.2) is 72.1 Å². The quantitative estimate of drug-likeness (QED) is 0.525. The van der Waals surface area contributed by atoms with Gasteiger partial charge in [0.05, 0.1) is 5.69 Å². The topological polar surface area (TPSA) is 47.4 Å². The summed E-state index contributed by atoms with van der Waals surface area (Å²) in [6.07, 6.45) is 0. The van der Waals surface area contributed by atoms with E-state index >= 15 is 8.78 Å². The van der Waals surface area contributed by atoms with Crippen LogP contribution in [-0.2, 0) is 6.54 Å². The number of nitrogens with zero attached hydrogens (tertiary/aromatic N) is 2. The maximum absolute atomic E-state index is 15.5. The van der Waals surface area contributed by atoms with Crippen molar-refractivity contribution < 1.29 is 13.6 Å². The van der Waals surface area contributed by atoms with Crippen LogP contribution in [0, 0.1) is 5.41 Å². The average molecular weight is 432 g/mol. The Bertz CT molecular complexity index is 1030. The summed E-state index contributed by atoms with van der Waals surface area (Å²) in [5.41, 5.74) is 0.898. The number of rotatable bonds is 4. The predicted octanol–water partition coefficient (Wildman–Crippen LogP) is 6.20. The SMILES string of the molecule is N=C1N(c2ccc(Cl)cc2)C(=O)N(Cc2ccccc2)C(c2cccs2)C1(F)F. The Morgan fingerprint density at radius 3 is 2.34 bits per heavy atom. The van der Waals surface area contributed by atoms with Crippen LogP contribution >= 0.6 is 22.9 Å². The second kappa shape index (κ2) is 7.57. The molecular formula is C21H16ClF2N3OS. The van der Waals surface area contributed by atoms with E-state index in [0.717, 1.165) is 26.7 Å². The highest BCUT2D eigenvalue weighted by atomic mass is 35.5. The highest BCUT2D eigenvalue weighted by Crippen LogP contribution is 2.45. The smallest absolute Gasteiger partial charge is 0.305 e. The minimum absolute atomic E-state index is 0.00476. The number of carbonyl (C=O) groups is 1. The van der Waals surface area contributed by atoms with E-state index in [1.807, 2.05) is 6.07 Å². The lowest BCUT2D eigenvalue weighted by molar-refractivity contribution is -0.0215. The van der Waals surface area contributed by atoms with Gasteiger partial charge in [-0.05, 0) is 41.3 Å². The van der Waals surface area contributed by atoms with Crippen molar-refractivity contribution in [2.75, 3.05) is 4.90 Å². The van der Waals surface area contributed by atoms with Gasteiger partial charge in [-0.1, -0.05) is 48.0 Å². The van der Waals surface area contributed by atoms with Crippen LogP contribution < -0.4 is 4.90 Å². The zero-order chi connectivity index (χ0) is 20.6. The molecule has 8 heteroatoms. The van der Waals surface area contributed by atoms with Crippen molar-refractivity contribution in [3.05, 3.63) is 87.6 Å². The van der Waals surface area contributed by atoms with E-state index in [9.17, 15) is 4.79 Å². The number of alkyl halides is 2. The van der Waals surface area contributed by atoms with Crippen molar-refractivity contribution >= 4 is 40.5 Å². The molecule has 1 saturated heterocycles. The normalized spacial score (nSPS) is 18.9. The van der Waals surface area contributed by atoms with Crippen LogP contribution in [0.25, 0.3) is 0 Å². The number of benzene rings is 2. The van der Waals surface area contributed by atoms with Gasteiger partial charge in [0.15, 0.2) is 5.84 Å². The van der Waals surface area contributed by atoms with Crippen molar-refractivity contribution in [2.24, 2.45) is 0 Å². The van der Waals surface area contributed by atoms with Crippen molar-refractivity contribution in [3.8, 4) is 0 Å². The number of halogens is 3. The second-order valence-corrected chi connectivity index (χ2v) is 8.01. The number of hydrogen-bond acceptors (Lipinski definition) is 3. The van der Waals surface area contributed by atoms with Gasteiger partial charge in [0.1, 0.15) is 6.04 Å². The van der Waals surface area contributed by atoms with Crippen LogP contribution in [0.3, 0.4) is 0 Å². The summed E-state index contributed by atoms with van der Waals surface area (Å²) >= 11 is 7.03. The number of urea groups is 1. The number of hydrogen-bond donors (Lipinski definition) is 1. The van der Waals surface area contributed by atoms with Crippen molar-refractivity contribution in [3.63, 3.8) is 0 Å². The van der Waals surface area contributed by atoms with E-state index in [0.29, 0.717) is 9.90 Å². The van der Waals surface area contributed by atoms with E-state index < -0.39 is 23.8 Å². The Morgan fingerprint density at radius 1 is 1.03 bits per heavy atom. The van der Waals surface area contributed by atoms with Crippen LogP contribution in [0.2, 0.25) is 5.02 Å². The third-order valence-electron chi connectivity index (χ3n) is 4.72. The number of anilines is 1. The van der Waals surface area contributed by atoms with Crippen LogP contribution in [0.5, 0.6) is 0 Å². The Morgan fingerprint density at radius 2 is 1.72 bits per heavy atom. The molecule has 1 aliphatic heterocycles. The molecule has 0 saturated carbocycles. The summed E-state index contributed by atoms with van der Waals surface area (Å²) in [5, 5.41) is 10.3. The number of nitrogens with one attached hydrogen (secondary N) is 1. The van der Waals surface area contributed by atoms with Gasteiger partial charge in [0.2, 0.25) is 0 Å². The highest BCUT2D eigenvalue weighted by molar-refractivity contribution is 7.10. The zero-order valence-corrected chi connectivity index (χ0v) is 16.6. The van der Waals surface area contributed by atoms with Crippen molar-refractivity contribution in [2.45, 2.75) is 18.5 Å². The molecule has 2 aromatic carbocycles. The van der Waals surface area contributed by atoms with E-state index in [1.54, 1.807) is 41.8 Å². The van der Waals surface area contributed by atoms with Crippen LogP contribution in [0.4, 0.5) is 19.3 Å². The lowest BCUT2D eigenvalue weighted by Crippen LogP contribution is -2.63. The first kappa shape index (κ1) is 19.5. The van der Waals surface area contributed by atoms with Gasteiger partial charge in [0, 0.05) is 16.4 Å². The first-order valence-electron chi connectivity index (χ1n) is 8.80. The Labute approximate surface area is 175 Å². The maximum atomic E-state index is 15.5. The molecule has 4 rings (SSSR count). The van der Waals surface area contributed by atoms with Crippen molar-refractivity contribution in [1.82, 2.24) is 4.90 Å². The number of thiophene rings is 1. The Balaban J connectivity index is 1.81. The molecule has 1 fully saturated rings. The molecule has 3 aromatic rings. The third kappa shape index (κ3) is 3.52. The van der Waals surface area contributed by atoms with Gasteiger partial charge >= 0.3 is 12.0 Å². The Kier molecular flexibility index (Phi) is 5.10.